The number of hydrogen-bond acceptors (Lipinski definition) is 6. The van der Waals surface area contributed by atoms with Crippen molar-refractivity contribution in [3.63, 3.8) is 0 Å². The fraction of sp³-hybridized carbons (Fsp3) is 0.323. The largest absolute Gasteiger partial charge is 0.361 e. The molecular weight excluding hydrogens is 552 g/mol. The van der Waals surface area contributed by atoms with E-state index in [1.54, 1.807) is 30.5 Å². The van der Waals surface area contributed by atoms with Gasteiger partial charge in [0, 0.05) is 55.3 Å². The summed E-state index contributed by atoms with van der Waals surface area (Å²) in [7, 11) is -3.64. The van der Waals surface area contributed by atoms with E-state index in [1.165, 1.54) is 4.31 Å². The molecule has 4 aromatic rings. The van der Waals surface area contributed by atoms with Gasteiger partial charge in [0.25, 0.3) is 0 Å². The minimum absolute atomic E-state index is 0.197. The van der Waals surface area contributed by atoms with Crippen molar-refractivity contribution in [2.75, 3.05) is 13.1 Å². The third-order valence-corrected chi connectivity index (χ3v) is 9.69. The first-order valence-electron chi connectivity index (χ1n) is 14.1. The number of para-hydroxylation sites is 1. The van der Waals surface area contributed by atoms with Gasteiger partial charge in [-0.05, 0) is 61.2 Å². The van der Waals surface area contributed by atoms with E-state index in [1.807, 2.05) is 49.5 Å². The number of amides is 2. The van der Waals surface area contributed by atoms with E-state index >= 15 is 0 Å². The Bertz CT molecular complexity index is 1660. The molecule has 2 aromatic carbocycles. The number of nitrogens with one attached hydrogen (secondary N) is 3. The second kappa shape index (κ2) is 12.8. The van der Waals surface area contributed by atoms with Gasteiger partial charge in [-0.15, -0.1) is 0 Å². The van der Waals surface area contributed by atoms with Crippen molar-refractivity contribution in [3.05, 3.63) is 95.4 Å². The van der Waals surface area contributed by atoms with Crippen LogP contribution < -0.4 is 16.4 Å². The molecule has 42 heavy (non-hydrogen) atoms. The molecule has 1 atom stereocenters. The maximum atomic E-state index is 13.4. The zero-order chi connectivity index (χ0) is 29.7. The number of nitrogens with two attached hydrogens (primary N) is 1. The molecule has 0 radical (unpaired) electrons. The van der Waals surface area contributed by atoms with E-state index in [4.69, 9.17) is 5.73 Å². The summed E-state index contributed by atoms with van der Waals surface area (Å²) in [6.07, 6.45) is 4.54. The number of hydrogen-bond donors (Lipinski definition) is 4. The lowest BCUT2D eigenvalue weighted by molar-refractivity contribution is -0.131. The van der Waals surface area contributed by atoms with Crippen molar-refractivity contribution in [1.82, 2.24) is 24.9 Å². The Hall–Kier alpha value is -4.06. The number of carbonyl (C=O) groups excluding carboxylic acids is 2. The summed E-state index contributed by atoms with van der Waals surface area (Å²) in [4.78, 5) is 34.7. The van der Waals surface area contributed by atoms with Crippen LogP contribution in [-0.2, 0) is 39.1 Å². The molecule has 0 saturated carbocycles. The van der Waals surface area contributed by atoms with E-state index in [0.29, 0.717) is 31.5 Å². The van der Waals surface area contributed by atoms with Crippen molar-refractivity contribution in [1.29, 1.82) is 0 Å². The van der Waals surface area contributed by atoms with Gasteiger partial charge in [0.1, 0.15) is 6.04 Å². The van der Waals surface area contributed by atoms with Crippen LogP contribution in [0.3, 0.4) is 0 Å². The normalized spacial score (nSPS) is 15.4. The van der Waals surface area contributed by atoms with E-state index in [2.05, 4.69) is 20.6 Å². The molecule has 0 spiro atoms. The van der Waals surface area contributed by atoms with Gasteiger partial charge in [-0.3, -0.25) is 14.6 Å². The maximum absolute atomic E-state index is 13.4. The summed E-state index contributed by atoms with van der Waals surface area (Å²) in [5, 5.41) is 6.86. The van der Waals surface area contributed by atoms with Crippen LogP contribution in [0.2, 0.25) is 0 Å². The number of nitrogens with zero attached hydrogens (tertiary/aromatic N) is 2. The Morgan fingerprint density at radius 2 is 1.83 bits per heavy atom. The zero-order valence-corrected chi connectivity index (χ0v) is 24.4. The third kappa shape index (κ3) is 6.70. The molecule has 3 heterocycles. The van der Waals surface area contributed by atoms with Crippen molar-refractivity contribution < 1.29 is 18.0 Å². The Balaban J connectivity index is 1.26. The topological polar surface area (TPSA) is 150 Å². The molecule has 2 aromatic heterocycles. The number of rotatable bonds is 10. The summed E-state index contributed by atoms with van der Waals surface area (Å²) < 4.78 is 27.7. The molecule has 0 bridgehead atoms. The minimum atomic E-state index is -3.64. The molecule has 1 saturated heterocycles. The average Bonchev–Trinajstić information content (AvgIpc) is 3.42. The number of fused-ring (bicyclic) bond motifs is 1. The van der Waals surface area contributed by atoms with Crippen LogP contribution in [0.15, 0.2) is 78.0 Å². The quantitative estimate of drug-likeness (QED) is 0.224. The summed E-state index contributed by atoms with van der Waals surface area (Å²) in [6, 6.07) is 17.4. The summed E-state index contributed by atoms with van der Waals surface area (Å²) in [5.41, 5.74) is 10.2. The second-order valence-electron chi connectivity index (χ2n) is 10.7. The molecule has 1 aliphatic heterocycles. The Kier molecular flexibility index (Phi) is 9.00. The standard InChI is InChI=1S/C31H36N6O4S/c1-21-6-8-26(9-7-21)42(40,41)37-14-11-23(12-15-37)30(38)36-29(17-24-19-34-28-5-3-2-4-27(24)28)31(39)35-20-25-16-22(18-32)10-13-33-25/h2-10,13,16,19,23,29,34H,11-12,14-15,17-18,20,32H2,1H3,(H,35,39)(H,36,38). The summed E-state index contributed by atoms with van der Waals surface area (Å²) in [5.74, 6) is -0.991. The van der Waals surface area contributed by atoms with Crippen LogP contribution in [0.5, 0.6) is 0 Å². The van der Waals surface area contributed by atoms with Gasteiger partial charge in [0.2, 0.25) is 21.8 Å². The highest BCUT2D eigenvalue weighted by atomic mass is 32.2. The summed E-state index contributed by atoms with van der Waals surface area (Å²) in [6.45, 7) is 2.94. The maximum Gasteiger partial charge on any atom is 0.243 e. The number of aromatic nitrogens is 2. The van der Waals surface area contributed by atoms with Gasteiger partial charge in [0.05, 0.1) is 17.1 Å². The van der Waals surface area contributed by atoms with Crippen LogP contribution in [0.4, 0.5) is 0 Å². The van der Waals surface area contributed by atoms with Crippen LogP contribution in [0.1, 0.15) is 35.2 Å². The Labute approximate surface area is 245 Å². The van der Waals surface area contributed by atoms with Gasteiger partial charge in [0.15, 0.2) is 0 Å². The predicted octanol–water partition coefficient (Wildman–Crippen LogP) is 2.77. The number of benzene rings is 2. The van der Waals surface area contributed by atoms with Crippen molar-refractivity contribution in [2.45, 2.75) is 50.2 Å². The van der Waals surface area contributed by atoms with Gasteiger partial charge >= 0.3 is 0 Å². The molecular formula is C31H36N6O4S. The van der Waals surface area contributed by atoms with Crippen LogP contribution >= 0.6 is 0 Å². The summed E-state index contributed by atoms with van der Waals surface area (Å²) >= 11 is 0. The molecule has 11 heteroatoms. The lowest BCUT2D eigenvalue weighted by Crippen LogP contribution is -2.51. The van der Waals surface area contributed by atoms with Gasteiger partial charge < -0.3 is 21.4 Å². The second-order valence-corrected chi connectivity index (χ2v) is 12.6. The molecule has 1 unspecified atom stereocenters. The lowest BCUT2D eigenvalue weighted by Gasteiger charge is -2.31. The number of carbonyl (C=O) groups is 2. The monoisotopic (exact) mass is 588 g/mol. The average molecular weight is 589 g/mol. The number of pyridine rings is 1. The fourth-order valence-electron chi connectivity index (χ4n) is 5.29. The SMILES string of the molecule is Cc1ccc(S(=O)(=O)N2CCC(C(=O)NC(Cc3c[nH]c4ccccc34)C(=O)NCc3cc(CN)ccn3)CC2)cc1. The smallest absolute Gasteiger partial charge is 0.243 e. The molecule has 5 N–H and O–H groups in total. The lowest BCUT2D eigenvalue weighted by atomic mass is 9.96. The van der Waals surface area contributed by atoms with Crippen LogP contribution in [0.25, 0.3) is 10.9 Å². The molecule has 1 aliphatic rings. The number of aromatic amines is 1. The zero-order valence-electron chi connectivity index (χ0n) is 23.5. The Morgan fingerprint density at radius 1 is 1.10 bits per heavy atom. The van der Waals surface area contributed by atoms with Gasteiger partial charge in [-0.2, -0.15) is 4.31 Å². The highest BCUT2D eigenvalue weighted by Crippen LogP contribution is 2.25. The van der Waals surface area contributed by atoms with Crippen molar-refractivity contribution in [3.8, 4) is 0 Å². The molecule has 5 rings (SSSR count). The number of H-pyrrole nitrogens is 1. The van der Waals surface area contributed by atoms with E-state index in [0.717, 1.165) is 27.6 Å². The Morgan fingerprint density at radius 3 is 2.57 bits per heavy atom. The van der Waals surface area contributed by atoms with Gasteiger partial charge in [-0.1, -0.05) is 35.9 Å². The number of aryl methyl sites for hydroxylation is 1. The number of piperidine rings is 1. The molecule has 1 fully saturated rings. The number of sulfonamides is 1. The van der Waals surface area contributed by atoms with E-state index in [-0.39, 0.29) is 36.3 Å². The first-order valence-corrected chi connectivity index (χ1v) is 15.5. The fourth-order valence-corrected chi connectivity index (χ4v) is 6.76. The van der Waals surface area contributed by atoms with E-state index < -0.39 is 22.0 Å². The third-order valence-electron chi connectivity index (χ3n) is 7.78. The first-order chi connectivity index (χ1) is 20.2. The predicted molar refractivity (Wildman–Crippen MR) is 161 cm³/mol. The molecule has 0 aliphatic carbocycles. The highest BCUT2D eigenvalue weighted by Gasteiger charge is 2.33. The van der Waals surface area contributed by atoms with Crippen LogP contribution in [-0.4, -0.2) is 53.6 Å². The molecule has 10 nitrogen and oxygen atoms in total. The van der Waals surface area contributed by atoms with Crippen molar-refractivity contribution >= 4 is 32.7 Å². The van der Waals surface area contributed by atoms with E-state index in [9.17, 15) is 18.0 Å². The minimum Gasteiger partial charge on any atom is -0.361 e. The van der Waals surface area contributed by atoms with Crippen LogP contribution in [0, 0.1) is 12.8 Å². The highest BCUT2D eigenvalue weighted by molar-refractivity contribution is 7.89. The molecule has 220 valence electrons. The first kappa shape index (κ1) is 29.4. The molecule has 2 amide bonds. The van der Waals surface area contributed by atoms with Crippen molar-refractivity contribution in [2.24, 2.45) is 11.7 Å². The van der Waals surface area contributed by atoms with Gasteiger partial charge in [-0.25, -0.2) is 8.42 Å².